The highest BCUT2D eigenvalue weighted by Gasteiger charge is 2.23. The molecule has 3 aliphatic rings. The third-order valence-electron chi connectivity index (χ3n) is 9.99. The molecule has 5 nitrogen and oxygen atoms in total. The van der Waals surface area contributed by atoms with Crippen molar-refractivity contribution >= 4 is 23.8 Å². The minimum atomic E-state index is -0.264. The fourth-order valence-corrected chi connectivity index (χ4v) is 7.03. The van der Waals surface area contributed by atoms with Crippen LogP contribution in [0, 0.1) is 0 Å². The second kappa shape index (κ2) is 19.6. The van der Waals surface area contributed by atoms with Gasteiger partial charge in [-0.05, 0) is 87.7 Å². The first kappa shape index (κ1) is 39.0. The third-order valence-corrected chi connectivity index (χ3v) is 9.99. The Kier molecular flexibility index (Phi) is 13.6. The van der Waals surface area contributed by atoms with E-state index in [0.29, 0.717) is 11.1 Å². The van der Waals surface area contributed by atoms with Crippen molar-refractivity contribution in [2.75, 3.05) is 6.54 Å². The van der Waals surface area contributed by atoms with E-state index in [9.17, 15) is 9.59 Å². The summed E-state index contributed by atoms with van der Waals surface area (Å²) >= 11 is 0. The number of aromatic nitrogens is 2. The summed E-state index contributed by atoms with van der Waals surface area (Å²) in [5.74, 6) is -0.390. The zero-order valence-corrected chi connectivity index (χ0v) is 30.8. The average Bonchev–Trinajstić information content (AvgIpc) is 3.56. The van der Waals surface area contributed by atoms with Crippen molar-refractivity contribution in [1.29, 1.82) is 0 Å². The number of benzene rings is 6. The Morgan fingerprint density at radius 1 is 0.446 bits per heavy atom. The van der Waals surface area contributed by atoms with Crippen LogP contribution in [0.15, 0.2) is 170 Å². The maximum atomic E-state index is 11.1. The van der Waals surface area contributed by atoms with Crippen molar-refractivity contribution in [3.63, 3.8) is 0 Å². The van der Waals surface area contributed by atoms with Crippen molar-refractivity contribution in [2.45, 2.75) is 39.5 Å². The third kappa shape index (κ3) is 10.3. The summed E-state index contributed by atoms with van der Waals surface area (Å²) in [6.45, 7) is 0.0531. The van der Waals surface area contributed by atoms with Gasteiger partial charge < -0.3 is 5.32 Å². The molecule has 7 aromatic rings. The number of nitrogens with zero attached hydrogens (tertiary/aromatic N) is 2. The quantitative estimate of drug-likeness (QED) is 0.192. The SMILES string of the molecule is C.C1=Cc2ccccc2Cc2ccccc21.O=C1CNC(=O)c2cnncc21.c1ccc(Cc2ccccc2)cc1.c1ccc2c(c1)CCc1ccccc1C2. The molecule has 2 heterocycles. The van der Waals surface area contributed by atoms with Gasteiger partial charge in [0.05, 0.1) is 30.1 Å². The highest BCUT2D eigenvalue weighted by molar-refractivity contribution is 6.13. The molecule has 0 saturated carbocycles. The molecule has 1 aromatic heterocycles. The van der Waals surface area contributed by atoms with Crippen molar-refractivity contribution in [1.82, 2.24) is 15.5 Å². The Balaban J connectivity index is 0.000000126. The Morgan fingerprint density at radius 3 is 1.32 bits per heavy atom. The fourth-order valence-electron chi connectivity index (χ4n) is 7.03. The highest BCUT2D eigenvalue weighted by atomic mass is 16.2. The number of carbonyl (C=O) groups is 2. The van der Waals surface area contributed by atoms with Crippen LogP contribution in [0.2, 0.25) is 0 Å². The summed E-state index contributed by atoms with van der Waals surface area (Å²) in [6, 6.07) is 55.9. The van der Waals surface area contributed by atoms with E-state index in [1.165, 1.54) is 80.9 Å². The van der Waals surface area contributed by atoms with Gasteiger partial charge in [0.25, 0.3) is 5.91 Å². The molecule has 1 N–H and O–H groups in total. The van der Waals surface area contributed by atoms with Crippen LogP contribution in [0.25, 0.3) is 12.2 Å². The van der Waals surface area contributed by atoms with Crippen LogP contribution in [-0.2, 0) is 32.1 Å². The maximum absolute atomic E-state index is 11.1. The van der Waals surface area contributed by atoms with E-state index in [2.05, 4.69) is 185 Å². The van der Waals surface area contributed by atoms with E-state index >= 15 is 0 Å². The molecule has 0 unspecified atom stereocenters. The molecule has 5 heteroatoms. The molecule has 0 spiro atoms. The van der Waals surface area contributed by atoms with E-state index in [0.717, 1.165) is 19.3 Å². The van der Waals surface area contributed by atoms with Crippen molar-refractivity contribution in [2.24, 2.45) is 0 Å². The molecule has 2 aliphatic carbocycles. The van der Waals surface area contributed by atoms with Gasteiger partial charge in [0.2, 0.25) is 0 Å². The van der Waals surface area contributed by atoms with Crippen LogP contribution in [0.1, 0.15) is 83.8 Å². The van der Waals surface area contributed by atoms with Crippen LogP contribution in [0.4, 0.5) is 0 Å². The largest absolute Gasteiger partial charge is 0.345 e. The number of hydrogen-bond acceptors (Lipinski definition) is 4. The number of amides is 1. The van der Waals surface area contributed by atoms with Gasteiger partial charge in [-0.25, -0.2) is 0 Å². The summed E-state index contributed by atoms with van der Waals surface area (Å²) in [5, 5.41) is 9.48. The smallest absolute Gasteiger partial charge is 0.254 e. The molecule has 278 valence electrons. The molecule has 6 aromatic carbocycles. The molecule has 0 bridgehead atoms. The predicted molar refractivity (Wildman–Crippen MR) is 229 cm³/mol. The summed E-state index contributed by atoms with van der Waals surface area (Å²) < 4.78 is 0. The van der Waals surface area contributed by atoms with Gasteiger partial charge in [0, 0.05) is 0 Å². The normalized spacial score (nSPS) is 12.7. The van der Waals surface area contributed by atoms with Crippen molar-refractivity contribution < 1.29 is 9.59 Å². The molecular weight excluding hydrogens is 687 g/mol. The molecule has 0 atom stereocenters. The lowest BCUT2D eigenvalue weighted by atomic mass is 10.0. The monoisotopic (exact) mass is 733 g/mol. The lowest BCUT2D eigenvalue weighted by molar-refractivity contribution is 0.0876. The lowest BCUT2D eigenvalue weighted by Crippen LogP contribution is -2.36. The number of fused-ring (bicyclic) bond motifs is 5. The first-order chi connectivity index (χ1) is 27.1. The van der Waals surface area contributed by atoms with Gasteiger partial charge in [-0.15, -0.1) is 0 Å². The number of ketones is 1. The molecule has 10 rings (SSSR count). The first-order valence-electron chi connectivity index (χ1n) is 18.8. The Bertz CT molecular complexity index is 2240. The van der Waals surface area contributed by atoms with E-state index < -0.39 is 0 Å². The minimum absolute atomic E-state index is 0. The van der Waals surface area contributed by atoms with Gasteiger partial charge in [-0.2, -0.15) is 10.2 Å². The number of Topliss-reactive ketones (excluding diaryl/α,β-unsaturated/α-hetero) is 1. The summed E-state index contributed by atoms with van der Waals surface area (Å²) in [5.41, 5.74) is 15.0. The van der Waals surface area contributed by atoms with Crippen LogP contribution < -0.4 is 5.32 Å². The van der Waals surface area contributed by atoms with Gasteiger partial charge in [0.1, 0.15) is 0 Å². The van der Waals surface area contributed by atoms with Gasteiger partial charge in [-0.1, -0.05) is 177 Å². The number of hydrogen-bond donors (Lipinski definition) is 1. The van der Waals surface area contributed by atoms with Crippen LogP contribution in [0.3, 0.4) is 0 Å². The van der Waals surface area contributed by atoms with Crippen molar-refractivity contribution in [3.8, 4) is 0 Å². The number of aryl methyl sites for hydroxylation is 2. The molecule has 0 saturated heterocycles. The molecule has 1 amide bonds. The molecule has 0 fully saturated rings. The van der Waals surface area contributed by atoms with Gasteiger partial charge in [0.15, 0.2) is 5.78 Å². The Labute approximate surface area is 330 Å². The molecular formula is C51H47N3O2. The second-order valence-corrected chi connectivity index (χ2v) is 13.7. The van der Waals surface area contributed by atoms with Crippen LogP contribution >= 0.6 is 0 Å². The Hall–Kier alpha value is -6.72. The minimum Gasteiger partial charge on any atom is -0.345 e. The number of rotatable bonds is 2. The van der Waals surface area contributed by atoms with Crippen LogP contribution in [0.5, 0.6) is 0 Å². The standard InChI is InChI=1S/C15H14.C15H12.C13H12.C7H5N3O2.CH4/c2*1-3-7-14-11-15-8-4-2-6-13(15)10-9-12(14)5-1;1-3-7-12(8-4-1)11-13-9-5-2-6-10-13;11-6-3-8-7(12)5-2-10-9-1-4(5)6;/h1-8H,9-11H2;1-10H,11H2;1-10H,11H2;1-2H,3H2,(H,8,12);1H4. The van der Waals surface area contributed by atoms with Crippen molar-refractivity contribution in [3.05, 3.63) is 237 Å². The molecule has 1 aliphatic heterocycles. The predicted octanol–water partition coefficient (Wildman–Crippen LogP) is 10.5. The zero-order valence-electron chi connectivity index (χ0n) is 30.8. The van der Waals surface area contributed by atoms with E-state index in [1.807, 2.05) is 0 Å². The zero-order chi connectivity index (χ0) is 37.7. The summed E-state index contributed by atoms with van der Waals surface area (Å²) in [4.78, 5) is 22.2. The van der Waals surface area contributed by atoms with Crippen LogP contribution in [-0.4, -0.2) is 28.4 Å². The molecule has 0 radical (unpaired) electrons. The van der Waals surface area contributed by atoms with Gasteiger partial charge >= 0.3 is 0 Å². The second-order valence-electron chi connectivity index (χ2n) is 13.7. The maximum Gasteiger partial charge on any atom is 0.254 e. The number of carbonyl (C=O) groups excluding carboxylic acids is 2. The Morgan fingerprint density at radius 2 is 0.839 bits per heavy atom. The highest BCUT2D eigenvalue weighted by Crippen LogP contribution is 2.25. The number of nitrogens with one attached hydrogen (secondary N) is 1. The average molecular weight is 734 g/mol. The summed E-state index contributed by atoms with van der Waals surface area (Å²) in [7, 11) is 0. The van der Waals surface area contributed by atoms with Gasteiger partial charge in [-0.3, -0.25) is 9.59 Å². The first-order valence-corrected chi connectivity index (χ1v) is 18.8. The fraction of sp³-hybridized carbons (Fsp3) is 0.137. The van der Waals surface area contributed by atoms with E-state index in [1.54, 1.807) is 0 Å². The topological polar surface area (TPSA) is 72.0 Å². The van der Waals surface area contributed by atoms with E-state index in [4.69, 9.17) is 0 Å². The lowest BCUT2D eigenvalue weighted by Gasteiger charge is -2.12. The summed E-state index contributed by atoms with van der Waals surface area (Å²) in [6.07, 6.45) is 12.6. The van der Waals surface area contributed by atoms with E-state index in [-0.39, 0.29) is 25.7 Å². The molecule has 56 heavy (non-hydrogen) atoms.